The van der Waals surface area contributed by atoms with Crippen LogP contribution in [-0.4, -0.2) is 62.2 Å². The first-order valence-electron chi connectivity index (χ1n) is 6.86. The van der Waals surface area contributed by atoms with Gasteiger partial charge in [-0.25, -0.2) is 0 Å². The zero-order valence-corrected chi connectivity index (χ0v) is 12.1. The van der Waals surface area contributed by atoms with Crippen LogP contribution in [0.5, 0.6) is 0 Å². The van der Waals surface area contributed by atoms with Crippen molar-refractivity contribution in [1.29, 1.82) is 0 Å². The molecule has 20 heavy (non-hydrogen) atoms. The van der Waals surface area contributed by atoms with E-state index in [9.17, 15) is 9.59 Å². The Labute approximate surface area is 122 Å². The van der Waals surface area contributed by atoms with Gasteiger partial charge in [0.05, 0.1) is 24.2 Å². The highest BCUT2D eigenvalue weighted by Crippen LogP contribution is 2.21. The lowest BCUT2D eigenvalue weighted by Crippen LogP contribution is -2.44. The summed E-state index contributed by atoms with van der Waals surface area (Å²) in [5, 5.41) is 4.20. The summed E-state index contributed by atoms with van der Waals surface area (Å²) < 4.78 is 1.87. The Bertz CT molecular complexity index is 491. The average molecular weight is 294 g/mol. The summed E-state index contributed by atoms with van der Waals surface area (Å²) in [4.78, 5) is 27.5. The van der Waals surface area contributed by atoms with Gasteiger partial charge in [-0.05, 0) is 18.9 Å². The SMILES string of the molecule is O=C1CSCN1CC(=O)N1CCCC1Cn1cccn1. The fourth-order valence-electron chi connectivity index (χ4n) is 2.77. The molecule has 0 aromatic carbocycles. The Morgan fingerprint density at radius 3 is 3.10 bits per heavy atom. The van der Waals surface area contributed by atoms with Crippen molar-refractivity contribution in [3.05, 3.63) is 18.5 Å². The van der Waals surface area contributed by atoms with Crippen LogP contribution < -0.4 is 0 Å². The van der Waals surface area contributed by atoms with Gasteiger partial charge in [-0.15, -0.1) is 11.8 Å². The van der Waals surface area contributed by atoms with E-state index in [1.807, 2.05) is 21.8 Å². The highest BCUT2D eigenvalue weighted by molar-refractivity contribution is 8.00. The van der Waals surface area contributed by atoms with Gasteiger partial charge in [0, 0.05) is 18.9 Å². The summed E-state index contributed by atoms with van der Waals surface area (Å²) in [5.41, 5.74) is 0. The standard InChI is InChI=1S/C13H18N4O2S/c18-12(8-15-10-20-9-13(15)19)17-6-1-3-11(17)7-16-5-2-4-14-16/h2,4-5,11H,1,3,6-10H2. The number of likely N-dealkylation sites (tertiary alicyclic amines) is 1. The van der Waals surface area contributed by atoms with Gasteiger partial charge >= 0.3 is 0 Å². The molecule has 0 spiro atoms. The van der Waals surface area contributed by atoms with Crippen molar-refractivity contribution in [3.8, 4) is 0 Å². The van der Waals surface area contributed by atoms with E-state index in [0.29, 0.717) is 11.6 Å². The molecule has 3 rings (SSSR count). The fourth-order valence-corrected chi connectivity index (χ4v) is 3.68. The van der Waals surface area contributed by atoms with E-state index in [0.717, 1.165) is 25.9 Å². The first kappa shape index (κ1) is 13.5. The summed E-state index contributed by atoms with van der Waals surface area (Å²) in [6, 6.07) is 2.09. The molecule has 0 radical (unpaired) electrons. The molecule has 0 bridgehead atoms. The van der Waals surface area contributed by atoms with E-state index < -0.39 is 0 Å². The molecule has 1 unspecified atom stereocenters. The minimum Gasteiger partial charge on any atom is -0.336 e. The molecule has 2 fully saturated rings. The van der Waals surface area contributed by atoms with Gasteiger partial charge in [0.1, 0.15) is 6.54 Å². The van der Waals surface area contributed by atoms with Gasteiger partial charge in [-0.2, -0.15) is 5.10 Å². The highest BCUT2D eigenvalue weighted by Gasteiger charge is 2.32. The smallest absolute Gasteiger partial charge is 0.242 e. The van der Waals surface area contributed by atoms with Crippen LogP contribution in [0.1, 0.15) is 12.8 Å². The number of hydrogen-bond acceptors (Lipinski definition) is 4. The zero-order chi connectivity index (χ0) is 13.9. The fraction of sp³-hybridized carbons (Fsp3) is 0.615. The molecule has 6 nitrogen and oxygen atoms in total. The van der Waals surface area contributed by atoms with Crippen molar-refractivity contribution in [1.82, 2.24) is 19.6 Å². The third kappa shape index (κ3) is 2.82. The summed E-state index contributed by atoms with van der Waals surface area (Å²) in [6.45, 7) is 1.75. The number of amides is 2. The van der Waals surface area contributed by atoms with Crippen LogP contribution in [0, 0.1) is 0 Å². The predicted octanol–water partition coefficient (Wildman–Crippen LogP) is 0.407. The summed E-state index contributed by atoms with van der Waals surface area (Å²) in [7, 11) is 0. The van der Waals surface area contributed by atoms with Crippen molar-refractivity contribution in [2.24, 2.45) is 0 Å². The molecule has 2 aliphatic rings. The monoisotopic (exact) mass is 294 g/mol. The molecular formula is C13H18N4O2S. The van der Waals surface area contributed by atoms with E-state index in [2.05, 4.69) is 5.10 Å². The third-order valence-electron chi connectivity index (χ3n) is 3.81. The lowest BCUT2D eigenvalue weighted by molar-refractivity contribution is -0.138. The topological polar surface area (TPSA) is 58.4 Å². The Balaban J connectivity index is 1.59. The molecule has 2 saturated heterocycles. The number of nitrogens with zero attached hydrogens (tertiary/aromatic N) is 4. The Morgan fingerprint density at radius 1 is 1.50 bits per heavy atom. The Kier molecular flexibility index (Phi) is 3.95. The van der Waals surface area contributed by atoms with Crippen LogP contribution in [-0.2, 0) is 16.1 Å². The minimum atomic E-state index is 0.0653. The number of rotatable bonds is 4. The maximum absolute atomic E-state index is 12.4. The largest absolute Gasteiger partial charge is 0.336 e. The van der Waals surface area contributed by atoms with Gasteiger partial charge in [-0.1, -0.05) is 0 Å². The molecule has 1 aromatic rings. The molecule has 2 amide bonds. The first-order valence-corrected chi connectivity index (χ1v) is 8.02. The minimum absolute atomic E-state index is 0.0653. The average Bonchev–Trinajstić information content (AvgIpc) is 3.14. The first-order chi connectivity index (χ1) is 9.74. The Morgan fingerprint density at radius 2 is 2.40 bits per heavy atom. The van der Waals surface area contributed by atoms with Gasteiger partial charge in [0.15, 0.2) is 0 Å². The van der Waals surface area contributed by atoms with E-state index in [1.54, 1.807) is 22.9 Å². The maximum atomic E-state index is 12.4. The van der Waals surface area contributed by atoms with E-state index >= 15 is 0 Å². The molecular weight excluding hydrogens is 276 g/mol. The van der Waals surface area contributed by atoms with Crippen LogP contribution >= 0.6 is 11.8 Å². The molecule has 1 atom stereocenters. The summed E-state index contributed by atoms with van der Waals surface area (Å²) in [6.07, 6.45) is 5.71. The van der Waals surface area contributed by atoms with E-state index in [-0.39, 0.29) is 24.4 Å². The Hall–Kier alpha value is -1.50. The molecule has 1 aromatic heterocycles. The van der Waals surface area contributed by atoms with Crippen LogP contribution in [0.15, 0.2) is 18.5 Å². The molecule has 0 aliphatic carbocycles. The second-order valence-corrected chi connectivity index (χ2v) is 6.14. The molecule has 108 valence electrons. The van der Waals surface area contributed by atoms with Crippen molar-refractivity contribution < 1.29 is 9.59 Å². The molecule has 2 aliphatic heterocycles. The number of aromatic nitrogens is 2. The third-order valence-corrected chi connectivity index (χ3v) is 4.75. The van der Waals surface area contributed by atoms with Crippen molar-refractivity contribution >= 4 is 23.6 Å². The normalized spacial score (nSPS) is 22.8. The number of carbonyl (C=O) groups is 2. The zero-order valence-electron chi connectivity index (χ0n) is 11.3. The maximum Gasteiger partial charge on any atom is 0.242 e. The molecule has 0 saturated carbocycles. The number of thioether (sulfide) groups is 1. The molecule has 3 heterocycles. The number of hydrogen-bond donors (Lipinski definition) is 0. The van der Waals surface area contributed by atoms with E-state index in [1.165, 1.54) is 0 Å². The molecule has 0 N–H and O–H groups in total. The van der Waals surface area contributed by atoms with Gasteiger partial charge in [-0.3, -0.25) is 14.3 Å². The van der Waals surface area contributed by atoms with Crippen LogP contribution in [0.25, 0.3) is 0 Å². The van der Waals surface area contributed by atoms with Gasteiger partial charge in [0.2, 0.25) is 11.8 Å². The van der Waals surface area contributed by atoms with Gasteiger partial charge < -0.3 is 9.80 Å². The van der Waals surface area contributed by atoms with Crippen LogP contribution in [0.3, 0.4) is 0 Å². The lowest BCUT2D eigenvalue weighted by Gasteiger charge is -2.26. The predicted molar refractivity (Wildman–Crippen MR) is 76.0 cm³/mol. The van der Waals surface area contributed by atoms with Crippen molar-refractivity contribution in [2.75, 3.05) is 24.7 Å². The second-order valence-electron chi connectivity index (χ2n) is 5.18. The van der Waals surface area contributed by atoms with Crippen molar-refractivity contribution in [2.45, 2.75) is 25.4 Å². The van der Waals surface area contributed by atoms with Gasteiger partial charge in [0.25, 0.3) is 0 Å². The molecule has 7 heteroatoms. The lowest BCUT2D eigenvalue weighted by atomic mass is 10.2. The number of carbonyl (C=O) groups excluding carboxylic acids is 2. The highest BCUT2D eigenvalue weighted by atomic mass is 32.2. The quantitative estimate of drug-likeness (QED) is 0.807. The van der Waals surface area contributed by atoms with Crippen molar-refractivity contribution in [3.63, 3.8) is 0 Å². The van der Waals surface area contributed by atoms with Crippen LogP contribution in [0.4, 0.5) is 0 Å². The summed E-state index contributed by atoms with van der Waals surface area (Å²) >= 11 is 1.57. The van der Waals surface area contributed by atoms with Crippen LogP contribution in [0.2, 0.25) is 0 Å². The van der Waals surface area contributed by atoms with E-state index in [4.69, 9.17) is 0 Å². The summed E-state index contributed by atoms with van der Waals surface area (Å²) in [5.74, 6) is 1.29. The second kappa shape index (κ2) is 5.87.